The first-order chi connectivity index (χ1) is 12.7. The number of ether oxygens (including phenoxy) is 1. The number of carbonyl (C=O) groups is 1. The molecule has 3 atom stereocenters. The summed E-state index contributed by atoms with van der Waals surface area (Å²) in [5.41, 5.74) is 1.16. The highest BCUT2D eigenvalue weighted by atomic mass is 19.1. The van der Waals surface area contributed by atoms with E-state index in [1.807, 2.05) is 12.1 Å². The van der Waals surface area contributed by atoms with Crippen LogP contribution in [0.15, 0.2) is 24.3 Å². The van der Waals surface area contributed by atoms with E-state index in [0.29, 0.717) is 18.5 Å². The number of piperidine rings is 1. The Morgan fingerprint density at radius 3 is 2.69 bits per heavy atom. The Bertz CT molecular complexity index is 618. The Hall–Kier alpha value is -1.50. The lowest BCUT2D eigenvalue weighted by atomic mass is 9.98. The van der Waals surface area contributed by atoms with E-state index in [9.17, 15) is 9.18 Å². The topological polar surface area (TPSA) is 44.8 Å². The van der Waals surface area contributed by atoms with Crippen LogP contribution in [0.4, 0.5) is 4.39 Å². The van der Waals surface area contributed by atoms with Gasteiger partial charge in [0.1, 0.15) is 5.82 Å². The van der Waals surface area contributed by atoms with Crippen molar-refractivity contribution in [1.29, 1.82) is 0 Å². The zero-order valence-corrected chi connectivity index (χ0v) is 15.2. The lowest BCUT2D eigenvalue weighted by Crippen LogP contribution is -2.59. The normalized spacial score (nSPS) is 31.1. The van der Waals surface area contributed by atoms with E-state index >= 15 is 0 Å². The highest BCUT2D eigenvalue weighted by Gasteiger charge is 2.38. The molecule has 3 fully saturated rings. The van der Waals surface area contributed by atoms with Crippen molar-refractivity contribution >= 4 is 5.91 Å². The zero-order chi connectivity index (χ0) is 17.9. The van der Waals surface area contributed by atoms with Gasteiger partial charge in [-0.1, -0.05) is 12.1 Å². The van der Waals surface area contributed by atoms with E-state index in [-0.39, 0.29) is 17.9 Å². The van der Waals surface area contributed by atoms with Crippen molar-refractivity contribution in [3.63, 3.8) is 0 Å². The lowest BCUT2D eigenvalue weighted by Gasteiger charge is -2.43. The first-order valence-electron chi connectivity index (χ1n) is 9.80. The van der Waals surface area contributed by atoms with E-state index in [2.05, 4.69) is 15.1 Å². The van der Waals surface area contributed by atoms with Crippen molar-refractivity contribution in [2.45, 2.75) is 50.4 Å². The average Bonchev–Trinajstić information content (AvgIpc) is 3.12. The van der Waals surface area contributed by atoms with Gasteiger partial charge in [0, 0.05) is 38.1 Å². The molecule has 26 heavy (non-hydrogen) atoms. The van der Waals surface area contributed by atoms with Crippen molar-refractivity contribution in [2.24, 2.45) is 0 Å². The van der Waals surface area contributed by atoms with Gasteiger partial charge in [0.15, 0.2) is 0 Å². The summed E-state index contributed by atoms with van der Waals surface area (Å²) in [6, 6.07) is 7.54. The van der Waals surface area contributed by atoms with Crippen LogP contribution in [0.1, 0.15) is 31.2 Å². The van der Waals surface area contributed by atoms with Gasteiger partial charge in [-0.05, 0) is 43.4 Å². The number of rotatable bonds is 4. The maximum atomic E-state index is 13.2. The second-order valence-corrected chi connectivity index (χ2v) is 7.69. The maximum Gasteiger partial charge on any atom is 0.222 e. The molecular weight excluding hydrogens is 333 g/mol. The van der Waals surface area contributed by atoms with Gasteiger partial charge in [0.05, 0.1) is 19.4 Å². The molecule has 5 nitrogen and oxygen atoms in total. The molecule has 1 N–H and O–H groups in total. The molecule has 0 saturated carbocycles. The summed E-state index contributed by atoms with van der Waals surface area (Å²) in [5.74, 6) is -0.0323. The Morgan fingerprint density at radius 1 is 1.15 bits per heavy atom. The van der Waals surface area contributed by atoms with Crippen molar-refractivity contribution in [3.05, 3.63) is 35.6 Å². The molecule has 0 spiro atoms. The minimum Gasteiger partial charge on any atom is -0.379 e. The van der Waals surface area contributed by atoms with Crippen LogP contribution in [0.2, 0.25) is 0 Å². The van der Waals surface area contributed by atoms with Gasteiger partial charge in [0.2, 0.25) is 5.91 Å². The Kier molecular flexibility index (Phi) is 5.52. The van der Waals surface area contributed by atoms with Crippen LogP contribution < -0.4 is 5.32 Å². The lowest BCUT2D eigenvalue weighted by molar-refractivity contribution is -0.129. The standard InChI is InChI=1S/C20H28FN3O2/c21-16-5-3-15(4-6-16)12-17-2-1-7-24(17)19-13-18(14-20(25)22-19)23-8-10-26-11-9-23/h3-6,17-19H,1-2,7-14H2,(H,22,25)/t17-,18?,19?/m1/s1. The highest BCUT2D eigenvalue weighted by molar-refractivity contribution is 5.77. The third kappa shape index (κ3) is 4.08. The van der Waals surface area contributed by atoms with Gasteiger partial charge in [-0.15, -0.1) is 0 Å². The molecular formula is C20H28FN3O2. The van der Waals surface area contributed by atoms with E-state index in [1.54, 1.807) is 0 Å². The molecule has 0 bridgehead atoms. The fraction of sp³-hybridized carbons (Fsp3) is 0.650. The smallest absolute Gasteiger partial charge is 0.222 e. The van der Waals surface area contributed by atoms with Crippen LogP contribution in [0.25, 0.3) is 0 Å². The SMILES string of the molecule is O=C1CC(N2CCOCC2)CC(N2CCC[C@@H]2Cc2ccc(F)cc2)N1. The highest BCUT2D eigenvalue weighted by Crippen LogP contribution is 2.28. The number of carbonyl (C=O) groups excluding carboxylic acids is 1. The number of morpholine rings is 1. The molecule has 1 aromatic rings. The third-order valence-corrected chi connectivity index (χ3v) is 6.01. The predicted octanol–water partition coefficient (Wildman–Crippen LogP) is 1.77. The molecule has 4 rings (SSSR count). The summed E-state index contributed by atoms with van der Waals surface area (Å²) in [4.78, 5) is 17.2. The average molecular weight is 361 g/mol. The van der Waals surface area contributed by atoms with Crippen molar-refractivity contribution in [3.8, 4) is 0 Å². The first-order valence-corrected chi connectivity index (χ1v) is 9.80. The third-order valence-electron chi connectivity index (χ3n) is 6.01. The molecule has 0 radical (unpaired) electrons. The van der Waals surface area contributed by atoms with Gasteiger partial charge in [-0.2, -0.15) is 0 Å². The van der Waals surface area contributed by atoms with Gasteiger partial charge >= 0.3 is 0 Å². The van der Waals surface area contributed by atoms with Gasteiger partial charge in [-0.3, -0.25) is 14.6 Å². The molecule has 3 saturated heterocycles. The number of likely N-dealkylation sites (tertiary alicyclic amines) is 1. The largest absolute Gasteiger partial charge is 0.379 e. The van der Waals surface area contributed by atoms with E-state index in [0.717, 1.165) is 64.1 Å². The number of amides is 1. The predicted molar refractivity (Wildman–Crippen MR) is 97.2 cm³/mol. The molecule has 142 valence electrons. The second kappa shape index (κ2) is 8.03. The fourth-order valence-electron chi connectivity index (χ4n) is 4.68. The number of hydrogen-bond donors (Lipinski definition) is 1. The summed E-state index contributed by atoms with van der Waals surface area (Å²) in [7, 11) is 0. The minimum absolute atomic E-state index is 0.108. The number of halogens is 1. The van der Waals surface area contributed by atoms with Crippen molar-refractivity contribution < 1.29 is 13.9 Å². The number of hydrogen-bond acceptors (Lipinski definition) is 4. The second-order valence-electron chi connectivity index (χ2n) is 7.69. The molecule has 6 heteroatoms. The molecule has 0 aliphatic carbocycles. The number of nitrogens with one attached hydrogen (secondary N) is 1. The maximum absolute atomic E-state index is 13.2. The molecule has 2 unspecified atom stereocenters. The summed E-state index contributed by atoms with van der Waals surface area (Å²) in [6.45, 7) is 4.39. The van der Waals surface area contributed by atoms with Crippen LogP contribution in [-0.2, 0) is 16.0 Å². The van der Waals surface area contributed by atoms with Crippen LogP contribution in [0.3, 0.4) is 0 Å². The summed E-state index contributed by atoms with van der Waals surface area (Å²) < 4.78 is 18.6. The molecule has 3 aliphatic heterocycles. The molecule has 0 aromatic heterocycles. The van der Waals surface area contributed by atoms with E-state index in [4.69, 9.17) is 4.74 Å². The molecule has 1 amide bonds. The van der Waals surface area contributed by atoms with Crippen molar-refractivity contribution in [2.75, 3.05) is 32.8 Å². The van der Waals surface area contributed by atoms with Gasteiger partial charge < -0.3 is 10.1 Å². The van der Waals surface area contributed by atoms with Crippen LogP contribution in [0, 0.1) is 5.82 Å². The zero-order valence-electron chi connectivity index (χ0n) is 15.2. The van der Waals surface area contributed by atoms with E-state index < -0.39 is 0 Å². The summed E-state index contributed by atoms with van der Waals surface area (Å²) in [6.07, 6.45) is 4.87. The molecule has 3 aliphatic rings. The minimum atomic E-state index is -0.190. The van der Waals surface area contributed by atoms with Gasteiger partial charge in [-0.25, -0.2) is 4.39 Å². The monoisotopic (exact) mass is 361 g/mol. The first kappa shape index (κ1) is 17.9. The quantitative estimate of drug-likeness (QED) is 0.888. The number of nitrogens with zero attached hydrogens (tertiary/aromatic N) is 2. The van der Waals surface area contributed by atoms with E-state index in [1.165, 1.54) is 12.1 Å². The molecule has 1 aromatic carbocycles. The Balaban J connectivity index is 1.42. The summed E-state index contributed by atoms with van der Waals surface area (Å²) >= 11 is 0. The number of benzene rings is 1. The summed E-state index contributed by atoms with van der Waals surface area (Å²) in [5, 5.41) is 3.22. The van der Waals surface area contributed by atoms with Crippen LogP contribution in [0.5, 0.6) is 0 Å². The van der Waals surface area contributed by atoms with Crippen molar-refractivity contribution in [1.82, 2.24) is 15.1 Å². The van der Waals surface area contributed by atoms with Crippen LogP contribution >= 0.6 is 0 Å². The molecule has 3 heterocycles. The Morgan fingerprint density at radius 2 is 1.92 bits per heavy atom. The van der Waals surface area contributed by atoms with Gasteiger partial charge in [0.25, 0.3) is 0 Å². The fourth-order valence-corrected chi connectivity index (χ4v) is 4.68. The Labute approximate surface area is 154 Å². The van der Waals surface area contributed by atoms with Crippen LogP contribution in [-0.4, -0.2) is 66.8 Å².